The van der Waals surface area contributed by atoms with Gasteiger partial charge in [-0.05, 0) is 50.2 Å². The third-order valence-electron chi connectivity index (χ3n) is 4.53. The molecule has 0 unspecified atom stereocenters. The van der Waals surface area contributed by atoms with E-state index in [0.29, 0.717) is 24.5 Å². The molecule has 1 aliphatic heterocycles. The van der Waals surface area contributed by atoms with Crippen molar-refractivity contribution in [3.63, 3.8) is 0 Å². The molecule has 4 rings (SSSR count). The highest BCUT2D eigenvalue weighted by Gasteiger charge is 2.29. The van der Waals surface area contributed by atoms with Crippen molar-refractivity contribution in [2.75, 3.05) is 29.9 Å². The minimum atomic E-state index is -0.0787. The van der Waals surface area contributed by atoms with Crippen LogP contribution in [0, 0.1) is 0 Å². The molecule has 0 aliphatic carbocycles. The number of ether oxygens (including phenoxy) is 1. The molecular formula is C21H22N4O2. The number of nitrogens with zero attached hydrogens (tertiary/aromatic N) is 4. The summed E-state index contributed by atoms with van der Waals surface area (Å²) in [5.41, 5.74) is 2.22. The van der Waals surface area contributed by atoms with Crippen LogP contribution in [0.15, 0.2) is 48.5 Å². The number of anilines is 2. The lowest BCUT2D eigenvalue weighted by Crippen LogP contribution is -2.43. The van der Waals surface area contributed by atoms with Crippen molar-refractivity contribution in [1.29, 1.82) is 0 Å². The van der Waals surface area contributed by atoms with Gasteiger partial charge in [0.05, 0.1) is 17.1 Å². The van der Waals surface area contributed by atoms with Crippen LogP contribution in [0.1, 0.15) is 24.2 Å². The van der Waals surface area contributed by atoms with Crippen LogP contribution in [-0.2, 0) is 0 Å². The molecular weight excluding hydrogens is 340 g/mol. The van der Waals surface area contributed by atoms with Gasteiger partial charge in [0, 0.05) is 25.7 Å². The van der Waals surface area contributed by atoms with Crippen molar-refractivity contribution < 1.29 is 9.53 Å². The van der Waals surface area contributed by atoms with Crippen molar-refractivity contribution >= 4 is 28.6 Å². The number of rotatable bonds is 3. The fraction of sp³-hybridized carbons (Fsp3) is 0.286. The third-order valence-corrected chi connectivity index (χ3v) is 4.53. The molecule has 138 valence electrons. The van der Waals surface area contributed by atoms with Crippen LogP contribution in [0.5, 0.6) is 5.75 Å². The van der Waals surface area contributed by atoms with E-state index >= 15 is 0 Å². The van der Waals surface area contributed by atoms with Crippen LogP contribution in [0.4, 0.5) is 11.6 Å². The van der Waals surface area contributed by atoms with Gasteiger partial charge in [0.15, 0.2) is 11.6 Å². The van der Waals surface area contributed by atoms with Gasteiger partial charge in [0.2, 0.25) is 0 Å². The summed E-state index contributed by atoms with van der Waals surface area (Å²) in [5.74, 6) is 2.01. The summed E-state index contributed by atoms with van der Waals surface area (Å²) in [6, 6.07) is 15.0. The summed E-state index contributed by atoms with van der Waals surface area (Å²) in [5, 5.41) is 0. The highest BCUT2D eigenvalue weighted by Crippen LogP contribution is 2.31. The zero-order chi connectivity index (χ0) is 19.0. The van der Waals surface area contributed by atoms with E-state index in [1.807, 2.05) is 62.2 Å². The zero-order valence-corrected chi connectivity index (χ0v) is 15.7. The maximum Gasteiger partial charge on any atom is 0.259 e. The van der Waals surface area contributed by atoms with Gasteiger partial charge in [-0.3, -0.25) is 9.69 Å². The van der Waals surface area contributed by atoms with Crippen molar-refractivity contribution in [1.82, 2.24) is 9.97 Å². The van der Waals surface area contributed by atoms with E-state index < -0.39 is 0 Å². The number of carbonyl (C=O) groups is 1. The Bertz CT molecular complexity index is 985. The standard InChI is InChI=1S/C21H22N4O2/c1-14(2)27-16-10-8-15(9-11-16)21(26)25-13-12-24(3)19-20(25)23-18-7-5-4-6-17(18)22-19/h4-11,14H,12-13H2,1-3H3. The number of benzene rings is 2. The number of para-hydroxylation sites is 2. The summed E-state index contributed by atoms with van der Waals surface area (Å²) in [6.45, 7) is 5.23. The second-order valence-corrected chi connectivity index (χ2v) is 6.93. The van der Waals surface area contributed by atoms with Gasteiger partial charge in [-0.15, -0.1) is 0 Å². The largest absolute Gasteiger partial charge is 0.491 e. The Morgan fingerprint density at radius 3 is 2.22 bits per heavy atom. The number of carbonyl (C=O) groups excluding carboxylic acids is 1. The molecule has 0 atom stereocenters. The SMILES string of the molecule is CC(C)Oc1ccc(C(=O)N2CCN(C)c3nc4ccccc4nc32)cc1. The van der Waals surface area contributed by atoms with Gasteiger partial charge in [0.25, 0.3) is 5.91 Å². The molecule has 6 heteroatoms. The highest BCUT2D eigenvalue weighted by molar-refractivity contribution is 6.08. The van der Waals surface area contributed by atoms with Gasteiger partial charge < -0.3 is 9.64 Å². The molecule has 1 aliphatic rings. The van der Waals surface area contributed by atoms with Crippen LogP contribution in [-0.4, -0.2) is 42.1 Å². The van der Waals surface area contributed by atoms with Crippen molar-refractivity contribution in [3.8, 4) is 5.75 Å². The summed E-state index contributed by atoms with van der Waals surface area (Å²) in [4.78, 5) is 26.3. The first-order valence-electron chi connectivity index (χ1n) is 9.09. The Kier molecular flexibility index (Phi) is 4.39. The second-order valence-electron chi connectivity index (χ2n) is 6.93. The van der Waals surface area contributed by atoms with E-state index in [1.54, 1.807) is 17.0 Å². The fourth-order valence-electron chi connectivity index (χ4n) is 3.18. The minimum absolute atomic E-state index is 0.0787. The minimum Gasteiger partial charge on any atom is -0.491 e. The van der Waals surface area contributed by atoms with E-state index in [4.69, 9.17) is 14.7 Å². The molecule has 6 nitrogen and oxygen atoms in total. The number of hydrogen-bond acceptors (Lipinski definition) is 5. The molecule has 0 saturated carbocycles. The summed E-state index contributed by atoms with van der Waals surface area (Å²) in [7, 11) is 1.97. The van der Waals surface area contributed by atoms with Crippen LogP contribution >= 0.6 is 0 Å². The topological polar surface area (TPSA) is 58.6 Å². The number of likely N-dealkylation sites (N-methyl/N-ethyl adjacent to an activating group) is 1. The summed E-state index contributed by atoms with van der Waals surface area (Å²) in [6.07, 6.45) is 0.0969. The number of amides is 1. The maximum atomic E-state index is 13.1. The van der Waals surface area contributed by atoms with Crippen LogP contribution < -0.4 is 14.5 Å². The number of hydrogen-bond donors (Lipinski definition) is 0. The quantitative estimate of drug-likeness (QED) is 0.714. The van der Waals surface area contributed by atoms with Crippen molar-refractivity contribution in [3.05, 3.63) is 54.1 Å². The van der Waals surface area contributed by atoms with Crippen LogP contribution in [0.3, 0.4) is 0 Å². The molecule has 3 aromatic rings. The molecule has 1 amide bonds. The van der Waals surface area contributed by atoms with E-state index in [0.717, 1.165) is 22.6 Å². The first-order chi connectivity index (χ1) is 13.0. The Hall–Kier alpha value is -3.15. The average Bonchev–Trinajstić information content (AvgIpc) is 2.67. The Morgan fingerprint density at radius 1 is 0.963 bits per heavy atom. The van der Waals surface area contributed by atoms with Crippen molar-refractivity contribution in [2.45, 2.75) is 20.0 Å². The predicted octanol–water partition coefficient (Wildman–Crippen LogP) is 3.51. The Morgan fingerprint density at radius 2 is 1.59 bits per heavy atom. The van der Waals surface area contributed by atoms with Gasteiger partial charge in [0.1, 0.15) is 5.75 Å². The summed E-state index contributed by atoms with van der Waals surface area (Å²) >= 11 is 0. The molecule has 2 aromatic carbocycles. The maximum absolute atomic E-state index is 13.1. The fourth-order valence-corrected chi connectivity index (χ4v) is 3.18. The van der Waals surface area contributed by atoms with E-state index in [-0.39, 0.29) is 12.0 Å². The molecule has 0 saturated heterocycles. The molecule has 1 aromatic heterocycles. The first kappa shape index (κ1) is 17.3. The van der Waals surface area contributed by atoms with Gasteiger partial charge in [-0.1, -0.05) is 12.1 Å². The molecule has 0 spiro atoms. The Balaban J connectivity index is 1.69. The van der Waals surface area contributed by atoms with Crippen LogP contribution in [0.25, 0.3) is 11.0 Å². The van der Waals surface area contributed by atoms with Crippen LogP contribution in [0.2, 0.25) is 0 Å². The van der Waals surface area contributed by atoms with Crippen molar-refractivity contribution in [2.24, 2.45) is 0 Å². The molecule has 0 fully saturated rings. The molecule has 2 heterocycles. The highest BCUT2D eigenvalue weighted by atomic mass is 16.5. The van der Waals surface area contributed by atoms with E-state index in [1.165, 1.54) is 0 Å². The normalized spacial score (nSPS) is 13.8. The number of aromatic nitrogens is 2. The average molecular weight is 362 g/mol. The lowest BCUT2D eigenvalue weighted by atomic mass is 10.1. The molecule has 0 bridgehead atoms. The second kappa shape index (κ2) is 6.87. The molecule has 0 N–H and O–H groups in total. The lowest BCUT2D eigenvalue weighted by molar-refractivity contribution is 0.0986. The van der Waals surface area contributed by atoms with E-state index in [9.17, 15) is 4.79 Å². The third kappa shape index (κ3) is 3.30. The first-order valence-corrected chi connectivity index (χ1v) is 9.09. The number of fused-ring (bicyclic) bond motifs is 2. The molecule has 0 radical (unpaired) electrons. The van der Waals surface area contributed by atoms with Gasteiger partial charge >= 0.3 is 0 Å². The summed E-state index contributed by atoms with van der Waals surface area (Å²) < 4.78 is 5.66. The molecule has 27 heavy (non-hydrogen) atoms. The zero-order valence-electron chi connectivity index (χ0n) is 15.7. The van der Waals surface area contributed by atoms with Gasteiger partial charge in [-0.2, -0.15) is 0 Å². The van der Waals surface area contributed by atoms with E-state index in [2.05, 4.69) is 0 Å². The monoisotopic (exact) mass is 362 g/mol. The Labute approximate surface area is 158 Å². The smallest absolute Gasteiger partial charge is 0.259 e. The van der Waals surface area contributed by atoms with Gasteiger partial charge in [-0.25, -0.2) is 9.97 Å². The predicted molar refractivity (Wildman–Crippen MR) is 107 cm³/mol. The lowest BCUT2D eigenvalue weighted by Gasteiger charge is -2.33.